The molecule has 84 valence electrons. The van der Waals surface area contributed by atoms with E-state index < -0.39 is 5.97 Å². The molecule has 1 aromatic rings. The molecule has 1 atom stereocenters. The first kappa shape index (κ1) is 13.9. The lowest BCUT2D eigenvalue weighted by Gasteiger charge is -2.04. The molecule has 0 heterocycles. The highest BCUT2D eigenvalue weighted by Gasteiger charge is 2.02. The lowest BCUT2D eigenvalue weighted by atomic mass is 10.1. The Labute approximate surface area is 95.7 Å². The second kappa shape index (κ2) is 6.43. The summed E-state index contributed by atoms with van der Waals surface area (Å²) in [4.78, 5) is 10.6. The summed E-state index contributed by atoms with van der Waals surface area (Å²) in [5.41, 5.74) is 7.08. The van der Waals surface area contributed by atoms with Crippen molar-refractivity contribution < 1.29 is 9.90 Å². The van der Waals surface area contributed by atoms with Crippen LogP contribution in [-0.2, 0) is 6.42 Å². The van der Waals surface area contributed by atoms with Crippen LogP contribution in [0, 0.1) is 0 Å². The highest BCUT2D eigenvalue weighted by molar-refractivity contribution is 5.87. The Morgan fingerprint density at radius 3 is 2.33 bits per heavy atom. The highest BCUT2D eigenvalue weighted by Crippen LogP contribution is 2.07. The fourth-order valence-corrected chi connectivity index (χ4v) is 1.21. The maximum atomic E-state index is 10.6. The summed E-state index contributed by atoms with van der Waals surface area (Å²) >= 11 is 0. The van der Waals surface area contributed by atoms with Gasteiger partial charge in [-0.05, 0) is 37.5 Å². The Kier molecular flexibility index (Phi) is 5.97. The normalized spacial score (nSPS) is 11.6. The number of carboxylic acids is 1. The summed E-state index contributed by atoms with van der Waals surface area (Å²) < 4.78 is 0. The van der Waals surface area contributed by atoms with Crippen LogP contribution in [-0.4, -0.2) is 17.1 Å². The van der Waals surface area contributed by atoms with Gasteiger partial charge in [0.2, 0.25) is 0 Å². The van der Waals surface area contributed by atoms with E-state index in [1.807, 2.05) is 19.1 Å². The van der Waals surface area contributed by atoms with Crippen molar-refractivity contribution in [2.45, 2.75) is 25.8 Å². The molecule has 4 heteroatoms. The number of hydrogen-bond donors (Lipinski definition) is 2. The van der Waals surface area contributed by atoms with Crippen molar-refractivity contribution in [3.8, 4) is 0 Å². The van der Waals surface area contributed by atoms with E-state index in [2.05, 4.69) is 0 Å². The minimum absolute atomic E-state index is 0. The zero-order valence-electron chi connectivity index (χ0n) is 8.64. The molecule has 3 N–H and O–H groups in total. The van der Waals surface area contributed by atoms with Gasteiger partial charge in [0.05, 0.1) is 5.56 Å². The van der Waals surface area contributed by atoms with Crippen molar-refractivity contribution >= 4 is 18.4 Å². The monoisotopic (exact) mass is 229 g/mol. The van der Waals surface area contributed by atoms with E-state index in [1.165, 1.54) is 0 Å². The molecule has 0 saturated carbocycles. The van der Waals surface area contributed by atoms with E-state index in [0.717, 1.165) is 18.4 Å². The molecular formula is C11H16ClNO2. The zero-order chi connectivity index (χ0) is 10.6. The minimum atomic E-state index is -0.885. The van der Waals surface area contributed by atoms with Gasteiger partial charge in [-0.15, -0.1) is 12.4 Å². The quantitative estimate of drug-likeness (QED) is 0.831. The fourth-order valence-electron chi connectivity index (χ4n) is 1.21. The number of nitrogens with two attached hydrogens (primary N) is 1. The standard InChI is InChI=1S/C11H15NO2.ClH/c1-8(12)2-3-9-4-6-10(7-5-9)11(13)14;/h4-8H,2-3,12H2,1H3,(H,13,14);1H/t8-;/m1./s1. The molecule has 0 aromatic heterocycles. The van der Waals surface area contributed by atoms with Gasteiger partial charge in [-0.1, -0.05) is 12.1 Å². The summed E-state index contributed by atoms with van der Waals surface area (Å²) in [6.45, 7) is 1.96. The summed E-state index contributed by atoms with van der Waals surface area (Å²) in [5.74, 6) is -0.885. The first-order valence-electron chi connectivity index (χ1n) is 4.67. The second-order valence-electron chi connectivity index (χ2n) is 3.52. The van der Waals surface area contributed by atoms with E-state index >= 15 is 0 Å². The van der Waals surface area contributed by atoms with Crippen molar-refractivity contribution in [1.29, 1.82) is 0 Å². The lowest BCUT2D eigenvalue weighted by Crippen LogP contribution is -2.15. The van der Waals surface area contributed by atoms with Gasteiger partial charge in [0.1, 0.15) is 0 Å². The van der Waals surface area contributed by atoms with Gasteiger partial charge < -0.3 is 10.8 Å². The van der Waals surface area contributed by atoms with E-state index in [1.54, 1.807) is 12.1 Å². The minimum Gasteiger partial charge on any atom is -0.478 e. The van der Waals surface area contributed by atoms with Gasteiger partial charge in [0.15, 0.2) is 0 Å². The van der Waals surface area contributed by atoms with Gasteiger partial charge in [-0.3, -0.25) is 0 Å². The first-order valence-corrected chi connectivity index (χ1v) is 4.67. The zero-order valence-corrected chi connectivity index (χ0v) is 9.46. The van der Waals surface area contributed by atoms with Crippen LogP contribution in [0.5, 0.6) is 0 Å². The van der Waals surface area contributed by atoms with Crippen LogP contribution >= 0.6 is 12.4 Å². The smallest absolute Gasteiger partial charge is 0.335 e. The molecule has 0 aliphatic carbocycles. The van der Waals surface area contributed by atoms with Crippen LogP contribution in [0.4, 0.5) is 0 Å². The van der Waals surface area contributed by atoms with E-state index in [9.17, 15) is 4.79 Å². The Morgan fingerprint density at radius 1 is 1.40 bits per heavy atom. The highest BCUT2D eigenvalue weighted by atomic mass is 35.5. The van der Waals surface area contributed by atoms with Gasteiger partial charge in [-0.25, -0.2) is 4.79 Å². The molecule has 0 spiro atoms. The molecule has 1 rings (SSSR count). The molecule has 0 aliphatic heterocycles. The van der Waals surface area contributed by atoms with Crippen molar-refractivity contribution in [1.82, 2.24) is 0 Å². The van der Waals surface area contributed by atoms with Crippen LogP contribution in [0.15, 0.2) is 24.3 Å². The van der Waals surface area contributed by atoms with E-state index in [4.69, 9.17) is 10.8 Å². The Morgan fingerprint density at radius 2 is 1.93 bits per heavy atom. The molecule has 1 aromatic carbocycles. The average molecular weight is 230 g/mol. The number of halogens is 1. The lowest BCUT2D eigenvalue weighted by molar-refractivity contribution is 0.0697. The van der Waals surface area contributed by atoms with Gasteiger partial charge in [0.25, 0.3) is 0 Å². The largest absolute Gasteiger partial charge is 0.478 e. The molecule has 0 unspecified atom stereocenters. The third-order valence-corrected chi connectivity index (χ3v) is 2.09. The molecular weight excluding hydrogens is 214 g/mol. The number of aromatic carboxylic acids is 1. The maximum Gasteiger partial charge on any atom is 0.335 e. The van der Waals surface area contributed by atoms with Crippen LogP contribution in [0.2, 0.25) is 0 Å². The van der Waals surface area contributed by atoms with E-state index in [0.29, 0.717) is 5.56 Å². The van der Waals surface area contributed by atoms with Gasteiger partial charge in [-0.2, -0.15) is 0 Å². The summed E-state index contributed by atoms with van der Waals surface area (Å²) in [6.07, 6.45) is 1.82. The number of carbonyl (C=O) groups is 1. The van der Waals surface area contributed by atoms with Crippen molar-refractivity contribution in [3.05, 3.63) is 35.4 Å². The van der Waals surface area contributed by atoms with Crippen LogP contribution in [0.1, 0.15) is 29.3 Å². The predicted octanol–water partition coefficient (Wildman–Crippen LogP) is 2.09. The fraction of sp³-hybridized carbons (Fsp3) is 0.364. The summed E-state index contributed by atoms with van der Waals surface area (Å²) in [5, 5.41) is 8.67. The molecule has 0 saturated heterocycles. The molecule has 3 nitrogen and oxygen atoms in total. The summed E-state index contributed by atoms with van der Waals surface area (Å²) in [6, 6.07) is 7.11. The van der Waals surface area contributed by atoms with Crippen molar-refractivity contribution in [3.63, 3.8) is 0 Å². The molecule has 0 fully saturated rings. The summed E-state index contributed by atoms with van der Waals surface area (Å²) in [7, 11) is 0. The number of benzene rings is 1. The third-order valence-electron chi connectivity index (χ3n) is 2.09. The maximum absolute atomic E-state index is 10.6. The topological polar surface area (TPSA) is 63.3 Å². The van der Waals surface area contributed by atoms with Crippen LogP contribution < -0.4 is 5.73 Å². The van der Waals surface area contributed by atoms with Gasteiger partial charge >= 0.3 is 5.97 Å². The number of hydrogen-bond acceptors (Lipinski definition) is 2. The van der Waals surface area contributed by atoms with Gasteiger partial charge in [0, 0.05) is 6.04 Å². The van der Waals surface area contributed by atoms with E-state index in [-0.39, 0.29) is 18.4 Å². The second-order valence-corrected chi connectivity index (χ2v) is 3.52. The molecule has 15 heavy (non-hydrogen) atoms. The third kappa shape index (κ3) is 4.81. The predicted molar refractivity (Wildman–Crippen MR) is 62.6 cm³/mol. The average Bonchev–Trinajstić information content (AvgIpc) is 2.15. The molecule has 0 bridgehead atoms. The molecule has 0 aliphatic rings. The van der Waals surface area contributed by atoms with Crippen LogP contribution in [0.3, 0.4) is 0 Å². The number of carboxylic acid groups (broad SMARTS) is 1. The number of rotatable bonds is 4. The van der Waals surface area contributed by atoms with Crippen molar-refractivity contribution in [2.75, 3.05) is 0 Å². The Balaban J connectivity index is 0.00000196. The number of aryl methyl sites for hydroxylation is 1. The van der Waals surface area contributed by atoms with Crippen LogP contribution in [0.25, 0.3) is 0 Å². The first-order chi connectivity index (χ1) is 6.59. The Hall–Kier alpha value is -1.06. The molecule has 0 amide bonds. The Bertz CT molecular complexity index is 309. The molecule has 0 radical (unpaired) electrons. The SMILES string of the molecule is C[C@@H](N)CCc1ccc(C(=O)O)cc1.Cl. The van der Waals surface area contributed by atoms with Crippen molar-refractivity contribution in [2.24, 2.45) is 5.73 Å².